The number of aromatic nitrogens is 1. The van der Waals surface area contributed by atoms with E-state index in [-0.39, 0.29) is 35.4 Å². The lowest BCUT2D eigenvalue weighted by atomic mass is 9.49. The van der Waals surface area contributed by atoms with E-state index in [4.69, 9.17) is 32.4 Å². The van der Waals surface area contributed by atoms with Crippen LogP contribution in [0, 0.1) is 23.7 Å². The molecular weight excluding hydrogens is 791 g/mol. The molecule has 0 bridgehead atoms. The van der Waals surface area contributed by atoms with Crippen molar-refractivity contribution < 1.29 is 33.4 Å². The Morgan fingerprint density at radius 1 is 0.847 bits per heavy atom. The van der Waals surface area contributed by atoms with Gasteiger partial charge < -0.3 is 14.3 Å². The second-order valence-corrected chi connectivity index (χ2v) is 16.2. The van der Waals surface area contributed by atoms with Crippen LogP contribution in [0.2, 0.25) is 10.0 Å². The summed E-state index contributed by atoms with van der Waals surface area (Å²) < 4.78 is 11.4. The zero-order valence-electron chi connectivity index (χ0n) is 31.3. The van der Waals surface area contributed by atoms with Crippen molar-refractivity contribution in [2.24, 2.45) is 23.7 Å². The number of aromatic hydroxyl groups is 1. The molecule has 59 heavy (non-hydrogen) atoms. The maximum absolute atomic E-state index is 15.4. The Hall–Kier alpha value is -6.43. The number of carbonyl (C=O) groups excluding carboxylic acids is 4. The van der Waals surface area contributed by atoms with Gasteiger partial charge in [-0.1, -0.05) is 71.2 Å². The van der Waals surface area contributed by atoms with E-state index in [1.165, 1.54) is 11.0 Å². The van der Waals surface area contributed by atoms with E-state index in [0.29, 0.717) is 55.8 Å². The van der Waals surface area contributed by atoms with Gasteiger partial charge in [-0.2, -0.15) is 5.01 Å². The summed E-state index contributed by atoms with van der Waals surface area (Å²) >= 11 is 12.8. The highest BCUT2D eigenvalue weighted by molar-refractivity contribution is 6.36. The van der Waals surface area contributed by atoms with E-state index >= 15 is 4.79 Å². The van der Waals surface area contributed by atoms with Gasteiger partial charge in [0.15, 0.2) is 5.58 Å². The van der Waals surface area contributed by atoms with Gasteiger partial charge in [0, 0.05) is 16.5 Å². The van der Waals surface area contributed by atoms with Crippen molar-refractivity contribution in [2.75, 3.05) is 17.4 Å². The predicted octanol–water partition coefficient (Wildman–Crippen LogP) is 8.71. The molecule has 11 nitrogen and oxygen atoms in total. The molecule has 1 aromatic heterocycles. The van der Waals surface area contributed by atoms with E-state index in [1.54, 1.807) is 92.0 Å². The van der Waals surface area contributed by atoms with Gasteiger partial charge in [0.25, 0.3) is 11.8 Å². The largest absolute Gasteiger partial charge is 0.508 e. The number of fused-ring (bicyclic) bond motifs is 5. The van der Waals surface area contributed by atoms with Crippen molar-refractivity contribution in [1.29, 1.82) is 0 Å². The van der Waals surface area contributed by atoms with E-state index < -0.39 is 46.8 Å². The van der Waals surface area contributed by atoms with Gasteiger partial charge in [0.1, 0.15) is 17.0 Å². The van der Waals surface area contributed by atoms with Crippen LogP contribution >= 0.6 is 23.2 Å². The summed E-state index contributed by atoms with van der Waals surface area (Å²) in [5.74, 6) is -4.56. The van der Waals surface area contributed by atoms with E-state index in [9.17, 15) is 19.5 Å². The number of allylic oxidation sites excluding steroid dienone is 2. The van der Waals surface area contributed by atoms with Crippen molar-refractivity contribution in [2.45, 2.75) is 24.2 Å². The molecule has 0 spiro atoms. The number of para-hydroxylation sites is 2. The molecule has 6 atom stereocenters. The standard InChI is InChI=1S/C46H34Cl2N4O7/c1-58-30-17-10-26(11-18-30)46-34(43(55)52(45(46)57)50-36-21-12-27(47)22-35(36)48)23-33-31(40(46)24-8-15-29(53)16-9-24)19-20-32-39(33)44(56)51(42(32)54)28-13-6-25(7-14-28)41-49-37-4-2-3-5-38(37)59-41/h2-19,21-22,32-34,39-40,50,53H,20,23H2,1H3/t32-,33+,34-,39-,40-,46+/m0/s1. The number of benzene rings is 5. The zero-order chi connectivity index (χ0) is 40.7. The number of rotatable bonds is 7. The zero-order valence-corrected chi connectivity index (χ0v) is 32.9. The monoisotopic (exact) mass is 824 g/mol. The van der Waals surface area contributed by atoms with Gasteiger partial charge in [-0.15, -0.1) is 0 Å². The average molecular weight is 826 g/mol. The Labute approximate surface area is 347 Å². The molecule has 3 fully saturated rings. The Balaban J connectivity index is 1.07. The molecule has 5 aromatic carbocycles. The number of hydrazine groups is 1. The maximum atomic E-state index is 15.4. The Morgan fingerprint density at radius 3 is 2.31 bits per heavy atom. The van der Waals surface area contributed by atoms with Gasteiger partial charge in [0.05, 0.1) is 46.7 Å². The number of amides is 4. The number of phenols is 1. The predicted molar refractivity (Wildman–Crippen MR) is 221 cm³/mol. The van der Waals surface area contributed by atoms with Crippen LogP contribution in [-0.4, -0.2) is 45.8 Å². The smallest absolute Gasteiger partial charge is 0.260 e. The second kappa shape index (κ2) is 13.9. The number of nitrogens with one attached hydrogen (secondary N) is 1. The minimum atomic E-state index is -1.52. The summed E-state index contributed by atoms with van der Waals surface area (Å²) in [6, 6.07) is 32.8. The van der Waals surface area contributed by atoms with Crippen molar-refractivity contribution in [3.63, 3.8) is 0 Å². The molecule has 10 rings (SSSR count). The highest BCUT2D eigenvalue weighted by Gasteiger charge is 2.70. The first kappa shape index (κ1) is 36.9. The molecule has 2 aliphatic heterocycles. The molecule has 4 aliphatic rings. The Morgan fingerprint density at radius 2 is 1.59 bits per heavy atom. The molecule has 2 N–H and O–H groups in total. The fourth-order valence-corrected chi connectivity index (χ4v) is 10.3. The topological polar surface area (TPSA) is 142 Å². The van der Waals surface area contributed by atoms with Gasteiger partial charge >= 0.3 is 0 Å². The number of methoxy groups -OCH3 is 1. The van der Waals surface area contributed by atoms with E-state index in [0.717, 1.165) is 10.6 Å². The third-order valence-electron chi connectivity index (χ3n) is 12.5. The van der Waals surface area contributed by atoms with Crippen LogP contribution < -0.4 is 15.1 Å². The third kappa shape index (κ3) is 5.59. The fourth-order valence-electron chi connectivity index (χ4n) is 9.89. The molecule has 1 saturated carbocycles. The van der Waals surface area contributed by atoms with E-state index in [1.807, 2.05) is 30.3 Å². The van der Waals surface area contributed by atoms with Crippen molar-refractivity contribution >= 4 is 69.3 Å². The molecule has 2 aliphatic carbocycles. The number of carbonyl (C=O) groups is 4. The van der Waals surface area contributed by atoms with Crippen LogP contribution in [0.5, 0.6) is 11.5 Å². The Bertz CT molecular complexity index is 2720. The average Bonchev–Trinajstić information content (AvgIpc) is 3.86. The number of anilines is 2. The summed E-state index contributed by atoms with van der Waals surface area (Å²) in [5, 5.41) is 12.0. The molecule has 6 aromatic rings. The van der Waals surface area contributed by atoms with Gasteiger partial charge in [-0.3, -0.25) is 29.5 Å². The van der Waals surface area contributed by atoms with Crippen LogP contribution in [0.15, 0.2) is 131 Å². The number of halogens is 2. The molecule has 13 heteroatoms. The second-order valence-electron chi connectivity index (χ2n) is 15.3. The van der Waals surface area contributed by atoms with Gasteiger partial charge in [0.2, 0.25) is 17.7 Å². The van der Waals surface area contributed by atoms with Crippen LogP contribution in [-0.2, 0) is 24.6 Å². The lowest BCUT2D eigenvalue weighted by molar-refractivity contribution is -0.138. The molecule has 3 heterocycles. The molecule has 2 saturated heterocycles. The first-order valence-electron chi connectivity index (χ1n) is 19.2. The van der Waals surface area contributed by atoms with Crippen LogP contribution in [0.3, 0.4) is 0 Å². The minimum absolute atomic E-state index is 0.0256. The number of phenolic OH excluding ortho intramolecular Hbond substituents is 1. The summed E-state index contributed by atoms with van der Waals surface area (Å²) in [7, 11) is 1.55. The third-order valence-corrected chi connectivity index (χ3v) is 13.0. The molecule has 294 valence electrons. The van der Waals surface area contributed by atoms with Crippen LogP contribution in [0.25, 0.3) is 22.6 Å². The normalized spacial score (nSPS) is 24.9. The van der Waals surface area contributed by atoms with Crippen molar-refractivity contribution in [1.82, 2.24) is 9.99 Å². The molecule has 4 amide bonds. The maximum Gasteiger partial charge on any atom is 0.260 e. The summed E-state index contributed by atoms with van der Waals surface area (Å²) in [5.41, 5.74) is 6.26. The van der Waals surface area contributed by atoms with Gasteiger partial charge in [-0.25, -0.2) is 4.98 Å². The van der Waals surface area contributed by atoms with Crippen LogP contribution in [0.4, 0.5) is 11.4 Å². The fraction of sp³-hybridized carbons (Fsp3) is 0.196. The quantitative estimate of drug-likeness (QED) is 0.119. The molecule has 0 radical (unpaired) electrons. The first-order chi connectivity index (χ1) is 28.6. The number of hydrogen-bond acceptors (Lipinski definition) is 9. The number of ether oxygens (including phenoxy) is 1. The summed E-state index contributed by atoms with van der Waals surface area (Å²) in [6.07, 6.45) is 2.34. The Kier molecular flexibility index (Phi) is 8.66. The lowest BCUT2D eigenvalue weighted by Crippen LogP contribution is -2.53. The highest BCUT2D eigenvalue weighted by atomic mass is 35.5. The molecule has 0 unspecified atom stereocenters. The lowest BCUT2D eigenvalue weighted by Gasteiger charge is -2.50. The van der Waals surface area contributed by atoms with Crippen molar-refractivity contribution in [3.8, 4) is 23.0 Å². The van der Waals surface area contributed by atoms with E-state index in [2.05, 4.69) is 10.4 Å². The number of imide groups is 2. The minimum Gasteiger partial charge on any atom is -0.508 e. The first-order valence-corrected chi connectivity index (χ1v) is 19.9. The number of nitrogens with zero attached hydrogens (tertiary/aromatic N) is 3. The summed E-state index contributed by atoms with van der Waals surface area (Å²) in [6.45, 7) is 0. The SMILES string of the molecule is COc1ccc([C@@]23C(=O)N(Nc4ccc(Cl)cc4Cl)C(=O)[C@@H]2C[C@@H]2C(=CC[C@@H]4C(=O)N(c5ccc(-c6nc7ccccc7o6)cc5)C(=O)[C@@H]42)[C@@H]3c2ccc(O)cc2)cc1. The highest BCUT2D eigenvalue weighted by Crippen LogP contribution is 2.64. The van der Waals surface area contributed by atoms with Crippen molar-refractivity contribution in [3.05, 3.63) is 148 Å². The van der Waals surface area contributed by atoms with Crippen LogP contribution in [0.1, 0.15) is 29.9 Å². The molecular formula is C46H34Cl2N4O7. The van der Waals surface area contributed by atoms with Gasteiger partial charge in [-0.05, 0) is 109 Å². The number of oxazole rings is 1. The number of hydrogen-bond donors (Lipinski definition) is 2. The summed E-state index contributed by atoms with van der Waals surface area (Å²) in [4.78, 5) is 65.4.